The lowest BCUT2D eigenvalue weighted by Gasteiger charge is -2.43. The molecule has 2 bridgehead atoms. The van der Waals surface area contributed by atoms with E-state index in [9.17, 15) is 14.0 Å². The predicted octanol–water partition coefficient (Wildman–Crippen LogP) is 3.33. The van der Waals surface area contributed by atoms with Gasteiger partial charge in [-0.05, 0) is 47.7 Å². The fourth-order valence-electron chi connectivity index (χ4n) is 5.02. The quantitative estimate of drug-likeness (QED) is 0.685. The van der Waals surface area contributed by atoms with Crippen LogP contribution in [0, 0.1) is 11.7 Å². The molecule has 5 rings (SSSR count). The largest absolute Gasteiger partial charge is 0.350 e. The third-order valence-electron chi connectivity index (χ3n) is 6.50. The Morgan fingerprint density at radius 2 is 1.84 bits per heavy atom. The fourth-order valence-corrected chi connectivity index (χ4v) is 5.02. The summed E-state index contributed by atoms with van der Waals surface area (Å²) in [6.45, 7) is 2.10. The van der Waals surface area contributed by atoms with Crippen molar-refractivity contribution < 1.29 is 9.18 Å². The second-order valence-corrected chi connectivity index (χ2v) is 8.34. The Bertz CT molecular complexity index is 1170. The van der Waals surface area contributed by atoms with Crippen molar-refractivity contribution in [3.05, 3.63) is 94.2 Å². The number of piperidine rings is 1. The average molecular weight is 417 g/mol. The van der Waals surface area contributed by atoms with Gasteiger partial charge in [-0.1, -0.05) is 36.4 Å². The van der Waals surface area contributed by atoms with E-state index in [1.54, 1.807) is 24.3 Å². The van der Waals surface area contributed by atoms with Crippen LogP contribution in [0.4, 0.5) is 4.39 Å². The summed E-state index contributed by atoms with van der Waals surface area (Å²) in [5.41, 5.74) is 3.10. The molecule has 3 aromatic rings. The van der Waals surface area contributed by atoms with E-state index in [0.29, 0.717) is 23.9 Å². The Balaban J connectivity index is 1.41. The second-order valence-electron chi connectivity index (χ2n) is 8.34. The Labute approximate surface area is 179 Å². The van der Waals surface area contributed by atoms with E-state index in [1.807, 2.05) is 34.9 Å². The van der Waals surface area contributed by atoms with Crippen molar-refractivity contribution in [1.82, 2.24) is 15.2 Å². The smallest absolute Gasteiger partial charge is 0.251 e. The number of rotatable bonds is 4. The third kappa shape index (κ3) is 3.68. The summed E-state index contributed by atoms with van der Waals surface area (Å²) in [6, 6.07) is 18.8. The molecule has 1 saturated heterocycles. The number of hydrogen-bond donors (Lipinski definition) is 2. The van der Waals surface area contributed by atoms with Gasteiger partial charge in [0.2, 0.25) is 0 Å². The minimum Gasteiger partial charge on any atom is -0.350 e. The first-order chi connectivity index (χ1) is 15.1. The van der Waals surface area contributed by atoms with Crippen molar-refractivity contribution in [1.29, 1.82) is 0 Å². The molecule has 2 aliphatic heterocycles. The molecule has 2 N–H and O–H groups in total. The minimum atomic E-state index is -0.313. The number of amides is 1. The number of aromatic nitrogens is 1. The third-order valence-corrected chi connectivity index (χ3v) is 6.50. The topological polar surface area (TPSA) is 63.1 Å². The van der Waals surface area contributed by atoms with E-state index in [2.05, 4.69) is 10.6 Å². The van der Waals surface area contributed by atoms with Gasteiger partial charge in [-0.2, -0.15) is 0 Å². The number of pyridine rings is 1. The van der Waals surface area contributed by atoms with Gasteiger partial charge in [0.25, 0.3) is 11.5 Å². The van der Waals surface area contributed by atoms with Crippen LogP contribution in [0.2, 0.25) is 0 Å². The molecule has 1 aromatic heterocycles. The zero-order valence-electron chi connectivity index (χ0n) is 17.1. The van der Waals surface area contributed by atoms with Crippen LogP contribution in [0.5, 0.6) is 0 Å². The lowest BCUT2D eigenvalue weighted by Crippen LogP contribution is -2.50. The van der Waals surface area contributed by atoms with Gasteiger partial charge in [-0.3, -0.25) is 9.59 Å². The molecule has 2 aromatic carbocycles. The molecule has 5 nitrogen and oxygen atoms in total. The molecule has 0 aliphatic carbocycles. The molecule has 0 radical (unpaired) electrons. The van der Waals surface area contributed by atoms with Crippen LogP contribution >= 0.6 is 0 Å². The molecular formula is C25H24FN3O2. The van der Waals surface area contributed by atoms with E-state index in [1.165, 1.54) is 12.1 Å². The van der Waals surface area contributed by atoms with Gasteiger partial charge < -0.3 is 15.2 Å². The monoisotopic (exact) mass is 417 g/mol. The maximum absolute atomic E-state index is 13.3. The van der Waals surface area contributed by atoms with Crippen molar-refractivity contribution in [2.45, 2.75) is 18.4 Å². The van der Waals surface area contributed by atoms with Crippen LogP contribution in [-0.4, -0.2) is 30.1 Å². The number of benzene rings is 2. The number of hydrogen-bond acceptors (Lipinski definition) is 3. The number of nitrogens with one attached hydrogen (secondary N) is 2. The fraction of sp³-hybridized carbons (Fsp3) is 0.280. The summed E-state index contributed by atoms with van der Waals surface area (Å²) in [6.07, 6.45) is 1.02. The summed E-state index contributed by atoms with van der Waals surface area (Å²) in [5.74, 6) is 0.112. The summed E-state index contributed by atoms with van der Waals surface area (Å²) >= 11 is 0. The second kappa shape index (κ2) is 8.12. The molecule has 0 unspecified atom stereocenters. The Kier molecular flexibility index (Phi) is 5.16. The zero-order valence-corrected chi connectivity index (χ0v) is 17.1. The van der Waals surface area contributed by atoms with Crippen LogP contribution < -0.4 is 16.2 Å². The number of carbonyl (C=O) groups excluding carboxylic acids is 1. The highest BCUT2D eigenvalue weighted by atomic mass is 19.1. The summed E-state index contributed by atoms with van der Waals surface area (Å²) in [4.78, 5) is 25.8. The lowest BCUT2D eigenvalue weighted by atomic mass is 9.79. The molecule has 1 fully saturated rings. The number of nitrogens with zero attached hydrogens (tertiary/aromatic N) is 1. The summed E-state index contributed by atoms with van der Waals surface area (Å²) in [7, 11) is 0. The molecule has 2 aliphatic rings. The van der Waals surface area contributed by atoms with E-state index in [0.717, 1.165) is 36.3 Å². The van der Waals surface area contributed by atoms with Gasteiger partial charge in [0.1, 0.15) is 5.82 Å². The molecule has 0 spiro atoms. The van der Waals surface area contributed by atoms with E-state index >= 15 is 0 Å². The predicted molar refractivity (Wildman–Crippen MR) is 118 cm³/mol. The van der Waals surface area contributed by atoms with Crippen molar-refractivity contribution >= 4 is 5.91 Å². The Hall–Kier alpha value is -3.25. The van der Waals surface area contributed by atoms with Gasteiger partial charge in [-0.15, -0.1) is 0 Å². The van der Waals surface area contributed by atoms with Crippen molar-refractivity contribution in [3.8, 4) is 11.1 Å². The number of fused-ring (bicyclic) bond motifs is 4. The minimum absolute atomic E-state index is 0.0138. The zero-order chi connectivity index (χ0) is 21.4. The first kappa shape index (κ1) is 19.7. The van der Waals surface area contributed by atoms with Gasteiger partial charge in [0.05, 0.1) is 6.04 Å². The number of carbonyl (C=O) groups is 1. The maximum Gasteiger partial charge on any atom is 0.251 e. The SMILES string of the molecule is O=C(NC[C@H]1[C@@H]2CNC[C@@H](C2)c2cccc(=O)n21)c1ccccc1-c1ccc(F)cc1. The van der Waals surface area contributed by atoms with Gasteiger partial charge >= 0.3 is 0 Å². The van der Waals surface area contributed by atoms with Crippen LogP contribution in [0.1, 0.15) is 34.4 Å². The van der Waals surface area contributed by atoms with Gasteiger partial charge in [0.15, 0.2) is 0 Å². The first-order valence-corrected chi connectivity index (χ1v) is 10.7. The normalized spacial score (nSPS) is 21.9. The molecule has 3 heterocycles. The molecule has 1 amide bonds. The van der Waals surface area contributed by atoms with Crippen LogP contribution in [0.15, 0.2) is 71.5 Å². The van der Waals surface area contributed by atoms with E-state index < -0.39 is 0 Å². The van der Waals surface area contributed by atoms with Gasteiger partial charge in [0, 0.05) is 42.9 Å². The maximum atomic E-state index is 13.3. The van der Waals surface area contributed by atoms with E-state index in [-0.39, 0.29) is 23.3 Å². The van der Waals surface area contributed by atoms with Crippen LogP contribution in [0.3, 0.4) is 0 Å². The van der Waals surface area contributed by atoms with Crippen molar-refractivity contribution in [2.24, 2.45) is 5.92 Å². The molecular weight excluding hydrogens is 393 g/mol. The van der Waals surface area contributed by atoms with Gasteiger partial charge in [-0.25, -0.2) is 4.39 Å². The highest BCUT2D eigenvalue weighted by Crippen LogP contribution is 2.38. The molecule has 6 heteroatoms. The highest BCUT2D eigenvalue weighted by molar-refractivity contribution is 6.00. The Morgan fingerprint density at radius 1 is 1.03 bits per heavy atom. The standard InChI is InChI=1S/C25H24FN3O2/c26-19-10-8-16(9-11-19)20-4-1-2-5-21(20)25(31)28-15-23-18-12-17(13-27-14-18)22-6-3-7-24(30)29(22)23/h1-11,17-18,23,27H,12-15H2,(H,28,31)/t17-,18+,23+/m1/s1. The molecule has 158 valence electrons. The Morgan fingerprint density at radius 3 is 2.68 bits per heavy atom. The molecule has 3 atom stereocenters. The van der Waals surface area contributed by atoms with Crippen molar-refractivity contribution in [2.75, 3.05) is 19.6 Å². The summed E-state index contributed by atoms with van der Waals surface area (Å²) < 4.78 is 15.2. The van der Waals surface area contributed by atoms with Crippen LogP contribution in [0.25, 0.3) is 11.1 Å². The molecule has 31 heavy (non-hydrogen) atoms. The van der Waals surface area contributed by atoms with Crippen LogP contribution in [-0.2, 0) is 0 Å². The first-order valence-electron chi connectivity index (χ1n) is 10.7. The summed E-state index contributed by atoms with van der Waals surface area (Å²) in [5, 5.41) is 6.53. The van der Waals surface area contributed by atoms with Crippen molar-refractivity contribution in [3.63, 3.8) is 0 Å². The molecule has 0 saturated carbocycles. The average Bonchev–Trinajstić information content (AvgIpc) is 2.80. The lowest BCUT2D eigenvalue weighted by molar-refractivity contribution is 0.0933. The number of halogens is 1. The van der Waals surface area contributed by atoms with E-state index in [4.69, 9.17) is 0 Å². The highest BCUT2D eigenvalue weighted by Gasteiger charge is 2.37.